The number of methoxy groups -OCH3 is 1. The summed E-state index contributed by atoms with van der Waals surface area (Å²) in [5, 5.41) is 11.0. The van der Waals surface area contributed by atoms with E-state index >= 15 is 0 Å². The molecule has 5 rings (SSSR count). The third-order valence-corrected chi connectivity index (χ3v) is 7.71. The van der Waals surface area contributed by atoms with Gasteiger partial charge in [-0.25, -0.2) is 17.9 Å². The molecule has 2 aromatic heterocycles. The number of amides is 1. The Kier molecular flexibility index (Phi) is 7.90. The molecular weight excluding hydrogens is 530 g/mol. The van der Waals surface area contributed by atoms with Crippen LogP contribution in [0, 0.1) is 0 Å². The van der Waals surface area contributed by atoms with Gasteiger partial charge in [-0.1, -0.05) is 24.3 Å². The van der Waals surface area contributed by atoms with Crippen molar-refractivity contribution in [2.75, 3.05) is 49.5 Å². The van der Waals surface area contributed by atoms with Crippen molar-refractivity contribution >= 4 is 38.6 Å². The number of primary amides is 1. The van der Waals surface area contributed by atoms with Crippen LogP contribution in [0.3, 0.4) is 0 Å². The van der Waals surface area contributed by atoms with E-state index < -0.39 is 9.84 Å². The SMILES string of the molecule is COc1cc(C2CCN(CC(N)=O)CC2)ccc1Nc1ncc2ccc(-c3ccccc3NCS(C)(=O)=O)n2n1. The lowest BCUT2D eigenvalue weighted by atomic mass is 9.89. The highest BCUT2D eigenvalue weighted by atomic mass is 32.2. The molecule has 11 nitrogen and oxygen atoms in total. The molecule has 0 spiro atoms. The molecule has 12 heteroatoms. The number of hydrogen-bond acceptors (Lipinski definition) is 9. The van der Waals surface area contributed by atoms with Gasteiger partial charge in [-0.2, -0.15) is 0 Å². The lowest BCUT2D eigenvalue weighted by Gasteiger charge is -2.31. The number of benzene rings is 2. The van der Waals surface area contributed by atoms with Gasteiger partial charge in [-0.3, -0.25) is 9.69 Å². The van der Waals surface area contributed by atoms with Crippen LogP contribution >= 0.6 is 0 Å². The fraction of sp³-hybridized carbons (Fsp3) is 0.321. The number of nitrogens with one attached hydrogen (secondary N) is 2. The minimum Gasteiger partial charge on any atom is -0.495 e. The average molecular weight is 564 g/mol. The summed E-state index contributed by atoms with van der Waals surface area (Å²) in [6.07, 6.45) is 4.81. The monoisotopic (exact) mass is 563 g/mol. The number of para-hydroxylation sites is 1. The van der Waals surface area contributed by atoms with Gasteiger partial charge in [0, 0.05) is 17.5 Å². The smallest absolute Gasteiger partial charge is 0.245 e. The van der Waals surface area contributed by atoms with Crippen LogP contribution < -0.4 is 21.1 Å². The van der Waals surface area contributed by atoms with Gasteiger partial charge < -0.3 is 21.1 Å². The van der Waals surface area contributed by atoms with Gasteiger partial charge in [0.2, 0.25) is 11.9 Å². The summed E-state index contributed by atoms with van der Waals surface area (Å²) in [7, 11) is -1.57. The highest BCUT2D eigenvalue weighted by molar-refractivity contribution is 7.90. The first-order valence-corrected chi connectivity index (χ1v) is 15.1. The molecule has 0 saturated carbocycles. The normalized spacial score (nSPS) is 14.8. The minimum atomic E-state index is -3.20. The standard InChI is InChI=1S/C28H33N7O4S/c1-39-26-15-20(19-11-13-34(14-12-19)17-27(29)36)7-9-24(26)32-28-30-16-21-8-10-25(35(21)33-28)22-5-3-4-6-23(22)31-18-40(2,37)38/h3-10,15-16,19,31H,11-14,17-18H2,1-2H3,(H2,29,36)(H,32,33). The van der Waals surface area contributed by atoms with Crippen LogP contribution in [-0.4, -0.2) is 72.7 Å². The molecule has 4 N–H and O–H groups in total. The molecule has 0 atom stereocenters. The molecule has 0 bridgehead atoms. The molecule has 1 aliphatic rings. The Hall–Kier alpha value is -4.16. The van der Waals surface area contributed by atoms with Crippen molar-refractivity contribution in [1.29, 1.82) is 0 Å². The van der Waals surface area contributed by atoms with Crippen molar-refractivity contribution in [3.05, 3.63) is 66.4 Å². The number of rotatable bonds is 10. The molecule has 0 radical (unpaired) electrons. The molecule has 1 fully saturated rings. The molecule has 40 heavy (non-hydrogen) atoms. The third kappa shape index (κ3) is 6.35. The van der Waals surface area contributed by atoms with E-state index in [1.54, 1.807) is 17.8 Å². The molecule has 1 saturated heterocycles. The van der Waals surface area contributed by atoms with E-state index in [1.165, 1.54) is 11.8 Å². The van der Waals surface area contributed by atoms with E-state index in [4.69, 9.17) is 15.6 Å². The zero-order valence-corrected chi connectivity index (χ0v) is 23.3. The second-order valence-corrected chi connectivity index (χ2v) is 12.2. The zero-order valence-electron chi connectivity index (χ0n) is 22.5. The van der Waals surface area contributed by atoms with Crippen molar-refractivity contribution in [2.24, 2.45) is 5.73 Å². The maximum Gasteiger partial charge on any atom is 0.245 e. The molecular formula is C28H33N7O4S. The predicted octanol–water partition coefficient (Wildman–Crippen LogP) is 3.23. The quantitative estimate of drug-likeness (QED) is 0.265. The van der Waals surface area contributed by atoms with Gasteiger partial charge in [0.25, 0.3) is 0 Å². The second kappa shape index (κ2) is 11.5. The highest BCUT2D eigenvalue weighted by Gasteiger charge is 2.22. The van der Waals surface area contributed by atoms with Gasteiger partial charge >= 0.3 is 0 Å². The van der Waals surface area contributed by atoms with Crippen LogP contribution in [0.1, 0.15) is 24.3 Å². The molecule has 1 aliphatic heterocycles. The first-order valence-electron chi connectivity index (χ1n) is 13.0. The van der Waals surface area contributed by atoms with Crippen LogP contribution in [0.4, 0.5) is 17.3 Å². The van der Waals surface area contributed by atoms with Crippen molar-refractivity contribution < 1.29 is 17.9 Å². The number of carbonyl (C=O) groups excluding carboxylic acids is 1. The number of nitrogens with two attached hydrogens (primary N) is 1. The Morgan fingerprint density at radius 2 is 1.88 bits per heavy atom. The maximum absolute atomic E-state index is 11.7. The van der Waals surface area contributed by atoms with E-state index in [9.17, 15) is 13.2 Å². The molecule has 4 aromatic rings. The van der Waals surface area contributed by atoms with E-state index in [0.29, 0.717) is 29.8 Å². The Morgan fingerprint density at radius 3 is 2.60 bits per heavy atom. The van der Waals surface area contributed by atoms with Crippen LogP contribution in [0.5, 0.6) is 5.75 Å². The second-order valence-electron chi connectivity index (χ2n) is 10.0. The first-order chi connectivity index (χ1) is 19.2. The number of sulfone groups is 1. The molecule has 210 valence electrons. The van der Waals surface area contributed by atoms with Gasteiger partial charge in [0.15, 0.2) is 9.84 Å². The fourth-order valence-electron chi connectivity index (χ4n) is 5.06. The van der Waals surface area contributed by atoms with Crippen molar-refractivity contribution in [1.82, 2.24) is 19.5 Å². The number of likely N-dealkylation sites (tertiary alicyclic amines) is 1. The number of piperidine rings is 1. The molecule has 1 amide bonds. The van der Waals surface area contributed by atoms with Crippen molar-refractivity contribution in [2.45, 2.75) is 18.8 Å². The van der Waals surface area contributed by atoms with Gasteiger partial charge in [-0.05, 0) is 67.7 Å². The summed E-state index contributed by atoms with van der Waals surface area (Å²) in [4.78, 5) is 17.8. The maximum atomic E-state index is 11.7. The number of ether oxygens (including phenoxy) is 1. The number of carbonyl (C=O) groups is 1. The zero-order chi connectivity index (χ0) is 28.3. The number of aromatic nitrogens is 3. The van der Waals surface area contributed by atoms with Gasteiger partial charge in [0.05, 0.1) is 36.7 Å². The number of nitrogens with zero attached hydrogens (tertiary/aromatic N) is 4. The van der Waals surface area contributed by atoms with E-state index in [1.807, 2.05) is 48.5 Å². The van der Waals surface area contributed by atoms with E-state index in [-0.39, 0.29) is 11.8 Å². The lowest BCUT2D eigenvalue weighted by Crippen LogP contribution is -2.39. The van der Waals surface area contributed by atoms with Crippen LogP contribution in [0.2, 0.25) is 0 Å². The number of hydrogen-bond donors (Lipinski definition) is 3. The average Bonchev–Trinajstić information content (AvgIpc) is 3.35. The van der Waals surface area contributed by atoms with Gasteiger partial charge in [0.1, 0.15) is 11.6 Å². The topological polar surface area (TPSA) is 144 Å². The van der Waals surface area contributed by atoms with Gasteiger partial charge in [-0.15, -0.1) is 5.10 Å². The summed E-state index contributed by atoms with van der Waals surface area (Å²) in [6.45, 7) is 1.96. The minimum absolute atomic E-state index is 0.169. The van der Waals surface area contributed by atoms with E-state index in [0.717, 1.165) is 48.4 Å². The summed E-state index contributed by atoms with van der Waals surface area (Å²) >= 11 is 0. The fourth-order valence-corrected chi connectivity index (χ4v) is 5.48. The molecule has 0 unspecified atom stereocenters. The van der Waals surface area contributed by atoms with Crippen LogP contribution in [0.15, 0.2) is 60.8 Å². The Balaban J connectivity index is 1.37. The number of anilines is 3. The van der Waals surface area contributed by atoms with Crippen LogP contribution in [-0.2, 0) is 14.6 Å². The molecule has 2 aromatic carbocycles. The Morgan fingerprint density at radius 1 is 1.10 bits per heavy atom. The van der Waals surface area contributed by atoms with Crippen molar-refractivity contribution in [3.8, 4) is 17.0 Å². The Labute approximate surface area is 233 Å². The summed E-state index contributed by atoms with van der Waals surface area (Å²) < 4.78 is 30.9. The van der Waals surface area contributed by atoms with E-state index in [2.05, 4.69) is 26.6 Å². The molecule has 3 heterocycles. The number of fused-ring (bicyclic) bond motifs is 1. The Bertz CT molecular complexity index is 1630. The highest BCUT2D eigenvalue weighted by Crippen LogP contribution is 2.35. The van der Waals surface area contributed by atoms with Crippen molar-refractivity contribution in [3.63, 3.8) is 0 Å². The largest absolute Gasteiger partial charge is 0.495 e. The summed E-state index contributed by atoms with van der Waals surface area (Å²) in [5.74, 6) is 0.979. The molecule has 0 aliphatic carbocycles. The predicted molar refractivity (Wildman–Crippen MR) is 156 cm³/mol. The van der Waals surface area contributed by atoms with Crippen LogP contribution in [0.25, 0.3) is 16.8 Å². The first kappa shape index (κ1) is 27.4. The third-order valence-electron chi connectivity index (χ3n) is 7.04. The lowest BCUT2D eigenvalue weighted by molar-refractivity contribution is -0.119. The summed E-state index contributed by atoms with van der Waals surface area (Å²) in [6, 6.07) is 17.5. The summed E-state index contributed by atoms with van der Waals surface area (Å²) in [5.41, 5.74) is 10.4.